The standard InChI is InChI=1S/C15H20IN3O3/c1-15(2,3)22-14(21)18-11-5-4-8-19(13(11)20)12-7-6-10(16)9-17-12/h6-7,9,11H,4-5,8H2,1-3H3,(H,18,21)/t11-/m1/s1. The van der Waals surface area contributed by atoms with Gasteiger partial charge in [0.15, 0.2) is 0 Å². The van der Waals surface area contributed by atoms with Gasteiger partial charge in [0, 0.05) is 16.3 Å². The second-order valence-corrected chi connectivity index (χ2v) is 7.41. The fraction of sp³-hybridized carbons (Fsp3) is 0.533. The molecule has 0 aromatic carbocycles. The Balaban J connectivity index is 2.04. The molecule has 2 amide bonds. The highest BCUT2D eigenvalue weighted by molar-refractivity contribution is 14.1. The number of anilines is 1. The fourth-order valence-corrected chi connectivity index (χ4v) is 2.53. The molecule has 0 unspecified atom stereocenters. The van der Waals surface area contributed by atoms with E-state index in [2.05, 4.69) is 32.9 Å². The number of ether oxygens (including phenoxy) is 1. The molecule has 1 N–H and O–H groups in total. The zero-order valence-corrected chi connectivity index (χ0v) is 15.1. The quantitative estimate of drug-likeness (QED) is 0.752. The van der Waals surface area contributed by atoms with E-state index in [1.54, 1.807) is 31.9 Å². The molecule has 1 atom stereocenters. The van der Waals surface area contributed by atoms with E-state index in [4.69, 9.17) is 4.74 Å². The first-order chi connectivity index (χ1) is 10.3. The summed E-state index contributed by atoms with van der Waals surface area (Å²) < 4.78 is 6.22. The number of pyridine rings is 1. The molecule has 1 aromatic heterocycles. The molecule has 6 nitrogen and oxygen atoms in total. The van der Waals surface area contributed by atoms with Gasteiger partial charge in [-0.05, 0) is 68.3 Å². The zero-order chi connectivity index (χ0) is 16.3. The van der Waals surface area contributed by atoms with Gasteiger partial charge in [0.2, 0.25) is 0 Å². The molecular formula is C15H20IN3O3. The van der Waals surface area contributed by atoms with Crippen molar-refractivity contribution >= 4 is 40.4 Å². The Labute approximate surface area is 143 Å². The van der Waals surface area contributed by atoms with Crippen LogP contribution in [0.15, 0.2) is 18.3 Å². The van der Waals surface area contributed by atoms with Crippen LogP contribution in [0.5, 0.6) is 0 Å². The highest BCUT2D eigenvalue weighted by atomic mass is 127. The average Bonchev–Trinajstić information content (AvgIpc) is 2.40. The van der Waals surface area contributed by atoms with E-state index < -0.39 is 17.7 Å². The lowest BCUT2D eigenvalue weighted by Gasteiger charge is -2.32. The summed E-state index contributed by atoms with van der Waals surface area (Å²) in [5.74, 6) is 0.465. The minimum absolute atomic E-state index is 0.147. The van der Waals surface area contributed by atoms with Crippen LogP contribution in [-0.4, -0.2) is 35.2 Å². The lowest BCUT2D eigenvalue weighted by molar-refractivity contribution is -0.121. The summed E-state index contributed by atoms with van der Waals surface area (Å²) in [7, 11) is 0. The summed E-state index contributed by atoms with van der Waals surface area (Å²) in [4.78, 5) is 30.3. The largest absolute Gasteiger partial charge is 0.444 e. The maximum Gasteiger partial charge on any atom is 0.408 e. The molecule has 120 valence electrons. The van der Waals surface area contributed by atoms with Crippen LogP contribution in [-0.2, 0) is 9.53 Å². The van der Waals surface area contributed by atoms with Crippen molar-refractivity contribution in [3.8, 4) is 0 Å². The number of carbonyl (C=O) groups excluding carboxylic acids is 2. The molecule has 2 heterocycles. The Morgan fingerprint density at radius 1 is 1.45 bits per heavy atom. The summed E-state index contributed by atoms with van der Waals surface area (Å²) >= 11 is 2.17. The molecule has 7 heteroatoms. The monoisotopic (exact) mass is 417 g/mol. The molecule has 0 radical (unpaired) electrons. The predicted octanol–water partition coefficient (Wildman–Crippen LogP) is 2.71. The number of amides is 2. The first-order valence-electron chi connectivity index (χ1n) is 7.19. The molecule has 0 spiro atoms. The van der Waals surface area contributed by atoms with Crippen LogP contribution in [0, 0.1) is 3.57 Å². The summed E-state index contributed by atoms with van der Waals surface area (Å²) in [6, 6.07) is 3.15. The van der Waals surface area contributed by atoms with Crippen molar-refractivity contribution in [2.45, 2.75) is 45.3 Å². The van der Waals surface area contributed by atoms with Gasteiger partial charge in [-0.2, -0.15) is 0 Å². The van der Waals surface area contributed by atoms with Gasteiger partial charge in [-0.3, -0.25) is 9.69 Å². The first kappa shape index (κ1) is 17.0. The van der Waals surface area contributed by atoms with E-state index in [0.29, 0.717) is 18.8 Å². The van der Waals surface area contributed by atoms with E-state index in [-0.39, 0.29) is 5.91 Å². The van der Waals surface area contributed by atoms with Gasteiger partial charge in [-0.25, -0.2) is 9.78 Å². The number of aromatic nitrogens is 1. The van der Waals surface area contributed by atoms with Crippen LogP contribution >= 0.6 is 22.6 Å². The molecule has 0 saturated carbocycles. The van der Waals surface area contributed by atoms with Crippen LogP contribution in [0.3, 0.4) is 0 Å². The summed E-state index contributed by atoms with van der Waals surface area (Å²) in [5, 5.41) is 2.65. The normalized spacial score (nSPS) is 19.0. The van der Waals surface area contributed by atoms with Crippen molar-refractivity contribution in [3.63, 3.8) is 0 Å². The van der Waals surface area contributed by atoms with E-state index >= 15 is 0 Å². The molecule has 1 aliphatic heterocycles. The minimum atomic E-state index is -0.584. The van der Waals surface area contributed by atoms with Crippen molar-refractivity contribution in [1.29, 1.82) is 0 Å². The van der Waals surface area contributed by atoms with Gasteiger partial charge in [-0.15, -0.1) is 0 Å². The Morgan fingerprint density at radius 2 is 2.18 bits per heavy atom. The van der Waals surface area contributed by atoms with Crippen molar-refractivity contribution in [2.24, 2.45) is 0 Å². The van der Waals surface area contributed by atoms with E-state index in [1.165, 1.54) is 0 Å². The summed E-state index contributed by atoms with van der Waals surface area (Å²) in [6.45, 7) is 5.98. The summed E-state index contributed by atoms with van der Waals surface area (Å²) in [5.41, 5.74) is -0.584. The zero-order valence-electron chi connectivity index (χ0n) is 12.9. The van der Waals surface area contributed by atoms with Gasteiger partial charge in [0.25, 0.3) is 5.91 Å². The third kappa shape index (κ3) is 4.56. The number of carbonyl (C=O) groups is 2. The molecule has 0 aliphatic carbocycles. The van der Waals surface area contributed by atoms with Crippen LogP contribution in [0.2, 0.25) is 0 Å². The molecule has 1 aromatic rings. The predicted molar refractivity (Wildman–Crippen MR) is 91.7 cm³/mol. The number of piperidine rings is 1. The van der Waals surface area contributed by atoms with Gasteiger partial charge in [0.1, 0.15) is 17.5 Å². The van der Waals surface area contributed by atoms with Crippen molar-refractivity contribution in [2.75, 3.05) is 11.4 Å². The lowest BCUT2D eigenvalue weighted by Crippen LogP contribution is -2.53. The molecule has 1 saturated heterocycles. The van der Waals surface area contributed by atoms with Crippen LogP contribution in [0.4, 0.5) is 10.6 Å². The molecule has 0 bridgehead atoms. The number of nitrogens with zero attached hydrogens (tertiary/aromatic N) is 2. The molecule has 22 heavy (non-hydrogen) atoms. The smallest absolute Gasteiger partial charge is 0.408 e. The van der Waals surface area contributed by atoms with Crippen LogP contribution in [0.1, 0.15) is 33.6 Å². The Bertz CT molecular complexity index is 554. The molecule has 2 rings (SSSR count). The van der Waals surface area contributed by atoms with Crippen molar-refractivity contribution < 1.29 is 14.3 Å². The van der Waals surface area contributed by atoms with Crippen molar-refractivity contribution in [3.05, 3.63) is 21.9 Å². The van der Waals surface area contributed by atoms with E-state index in [1.807, 2.05) is 12.1 Å². The maximum absolute atomic E-state index is 12.5. The second kappa shape index (κ2) is 6.80. The number of nitrogens with one attached hydrogen (secondary N) is 1. The molecule has 1 fully saturated rings. The van der Waals surface area contributed by atoms with Gasteiger partial charge < -0.3 is 10.1 Å². The number of hydrogen-bond acceptors (Lipinski definition) is 4. The number of hydrogen-bond donors (Lipinski definition) is 1. The van der Waals surface area contributed by atoms with Crippen LogP contribution in [0.25, 0.3) is 0 Å². The van der Waals surface area contributed by atoms with E-state index in [9.17, 15) is 9.59 Å². The summed E-state index contributed by atoms with van der Waals surface area (Å²) in [6.07, 6.45) is 2.57. The van der Waals surface area contributed by atoms with Gasteiger partial charge in [-0.1, -0.05) is 0 Å². The number of halogens is 1. The second-order valence-electron chi connectivity index (χ2n) is 6.17. The van der Waals surface area contributed by atoms with E-state index in [0.717, 1.165) is 9.99 Å². The fourth-order valence-electron chi connectivity index (χ4n) is 2.21. The highest BCUT2D eigenvalue weighted by Crippen LogP contribution is 2.20. The maximum atomic E-state index is 12.5. The van der Waals surface area contributed by atoms with Gasteiger partial charge >= 0.3 is 6.09 Å². The molecular weight excluding hydrogens is 397 g/mol. The topological polar surface area (TPSA) is 71.5 Å². The minimum Gasteiger partial charge on any atom is -0.444 e. The number of alkyl carbamates (subject to hydrolysis) is 1. The third-order valence-corrected chi connectivity index (χ3v) is 3.76. The third-order valence-electron chi connectivity index (χ3n) is 3.12. The molecule has 1 aliphatic rings. The Morgan fingerprint density at radius 3 is 2.77 bits per heavy atom. The van der Waals surface area contributed by atoms with Crippen molar-refractivity contribution in [1.82, 2.24) is 10.3 Å². The van der Waals surface area contributed by atoms with Crippen LogP contribution < -0.4 is 10.2 Å². The number of rotatable bonds is 2. The van der Waals surface area contributed by atoms with Gasteiger partial charge in [0.05, 0.1) is 0 Å². The Kier molecular flexibility index (Phi) is 5.25. The lowest BCUT2D eigenvalue weighted by atomic mass is 10.0. The first-order valence-corrected chi connectivity index (χ1v) is 8.26. The average molecular weight is 417 g/mol. The Hall–Kier alpha value is -1.38. The highest BCUT2D eigenvalue weighted by Gasteiger charge is 2.32. The SMILES string of the molecule is CC(C)(C)OC(=O)N[C@@H]1CCCN(c2ccc(I)cn2)C1=O.